The van der Waals surface area contributed by atoms with Gasteiger partial charge in [0, 0.05) is 12.6 Å². The van der Waals surface area contributed by atoms with E-state index in [1.807, 2.05) is 0 Å². The van der Waals surface area contributed by atoms with Crippen molar-refractivity contribution < 1.29 is 14.7 Å². The SMILES string of the molecule is CC(CNC(=O)C(C(=O)O)C(C)(C)C)N1CCCCC1. The number of piperidine rings is 1. The fraction of sp³-hybridized carbons (Fsp3) is 0.867. The molecule has 2 unspecified atom stereocenters. The maximum atomic E-state index is 12.1. The predicted octanol–water partition coefficient (Wildman–Crippen LogP) is 1.72. The number of hydrogen-bond acceptors (Lipinski definition) is 3. The van der Waals surface area contributed by atoms with Gasteiger partial charge in [-0.1, -0.05) is 27.2 Å². The Labute approximate surface area is 121 Å². The zero-order valence-corrected chi connectivity index (χ0v) is 13.1. The molecule has 1 saturated heterocycles. The lowest BCUT2D eigenvalue weighted by atomic mass is 9.80. The first kappa shape index (κ1) is 17.0. The van der Waals surface area contributed by atoms with Gasteiger partial charge in [0.1, 0.15) is 5.92 Å². The van der Waals surface area contributed by atoms with Crippen molar-refractivity contribution in [2.75, 3.05) is 19.6 Å². The monoisotopic (exact) mass is 284 g/mol. The Hall–Kier alpha value is -1.10. The van der Waals surface area contributed by atoms with Gasteiger partial charge in [0.15, 0.2) is 0 Å². The van der Waals surface area contributed by atoms with Crippen LogP contribution in [0.2, 0.25) is 0 Å². The Morgan fingerprint density at radius 1 is 1.20 bits per heavy atom. The number of nitrogens with one attached hydrogen (secondary N) is 1. The molecule has 1 aliphatic heterocycles. The van der Waals surface area contributed by atoms with Gasteiger partial charge >= 0.3 is 5.97 Å². The summed E-state index contributed by atoms with van der Waals surface area (Å²) in [6.07, 6.45) is 3.69. The lowest BCUT2D eigenvalue weighted by Crippen LogP contribution is -2.48. The van der Waals surface area contributed by atoms with Crippen molar-refractivity contribution in [1.29, 1.82) is 0 Å². The molecular formula is C15H28N2O3. The maximum Gasteiger partial charge on any atom is 0.316 e. The first-order valence-electron chi connectivity index (χ1n) is 7.48. The van der Waals surface area contributed by atoms with E-state index in [1.165, 1.54) is 19.3 Å². The molecule has 0 spiro atoms. The van der Waals surface area contributed by atoms with Crippen LogP contribution in [0.1, 0.15) is 47.0 Å². The number of carboxylic acids is 1. The molecule has 0 aromatic rings. The summed E-state index contributed by atoms with van der Waals surface area (Å²) < 4.78 is 0. The average molecular weight is 284 g/mol. The van der Waals surface area contributed by atoms with Crippen molar-refractivity contribution in [3.05, 3.63) is 0 Å². The van der Waals surface area contributed by atoms with Gasteiger partial charge in [-0.2, -0.15) is 0 Å². The van der Waals surface area contributed by atoms with Crippen molar-refractivity contribution in [3.63, 3.8) is 0 Å². The molecule has 0 aliphatic carbocycles. The number of carbonyl (C=O) groups excluding carboxylic acids is 1. The summed E-state index contributed by atoms with van der Waals surface area (Å²) in [5.74, 6) is -2.44. The van der Waals surface area contributed by atoms with Crippen LogP contribution in [0.25, 0.3) is 0 Å². The normalized spacial score (nSPS) is 20.2. The summed E-state index contributed by atoms with van der Waals surface area (Å²) in [6, 6.07) is 0.258. The topological polar surface area (TPSA) is 69.6 Å². The molecule has 2 N–H and O–H groups in total. The fourth-order valence-corrected chi connectivity index (χ4v) is 2.71. The number of amides is 1. The van der Waals surface area contributed by atoms with Crippen molar-refractivity contribution in [1.82, 2.24) is 10.2 Å². The van der Waals surface area contributed by atoms with Crippen LogP contribution in [-0.2, 0) is 9.59 Å². The summed E-state index contributed by atoms with van der Waals surface area (Å²) >= 11 is 0. The Kier molecular flexibility index (Phi) is 5.99. The van der Waals surface area contributed by atoms with Crippen molar-refractivity contribution in [2.45, 2.75) is 53.0 Å². The summed E-state index contributed by atoms with van der Waals surface area (Å²) in [6.45, 7) is 10.1. The van der Waals surface area contributed by atoms with E-state index in [0.29, 0.717) is 6.54 Å². The molecule has 1 fully saturated rings. The van der Waals surface area contributed by atoms with E-state index in [0.717, 1.165) is 13.1 Å². The highest BCUT2D eigenvalue weighted by Crippen LogP contribution is 2.26. The Morgan fingerprint density at radius 2 is 1.75 bits per heavy atom. The number of carbonyl (C=O) groups is 2. The number of likely N-dealkylation sites (tertiary alicyclic amines) is 1. The maximum absolute atomic E-state index is 12.1. The van der Waals surface area contributed by atoms with Crippen LogP contribution < -0.4 is 5.32 Å². The van der Waals surface area contributed by atoms with Crippen LogP contribution in [0.4, 0.5) is 0 Å². The van der Waals surface area contributed by atoms with Crippen molar-refractivity contribution in [3.8, 4) is 0 Å². The van der Waals surface area contributed by atoms with Crippen LogP contribution in [0, 0.1) is 11.3 Å². The first-order chi connectivity index (χ1) is 9.23. The minimum Gasteiger partial charge on any atom is -0.481 e. The molecule has 0 radical (unpaired) electrons. The second-order valence-corrected chi connectivity index (χ2v) is 6.83. The molecule has 5 heteroatoms. The Bertz CT molecular complexity index is 344. The zero-order valence-electron chi connectivity index (χ0n) is 13.1. The van der Waals surface area contributed by atoms with Gasteiger partial charge < -0.3 is 10.4 Å². The van der Waals surface area contributed by atoms with Gasteiger partial charge in [-0.3, -0.25) is 14.5 Å². The van der Waals surface area contributed by atoms with Crippen LogP contribution >= 0.6 is 0 Å². The highest BCUT2D eigenvalue weighted by molar-refractivity contribution is 5.97. The molecule has 0 bridgehead atoms. The molecule has 2 atom stereocenters. The predicted molar refractivity (Wildman–Crippen MR) is 78.5 cm³/mol. The molecule has 1 rings (SSSR count). The van der Waals surface area contributed by atoms with E-state index in [2.05, 4.69) is 17.1 Å². The second-order valence-electron chi connectivity index (χ2n) is 6.83. The van der Waals surface area contributed by atoms with E-state index in [-0.39, 0.29) is 11.9 Å². The standard InChI is InChI=1S/C15H28N2O3/c1-11(17-8-6-5-7-9-17)10-16-13(18)12(14(19)20)15(2,3)4/h11-12H,5-10H2,1-4H3,(H,16,18)(H,19,20). The highest BCUT2D eigenvalue weighted by atomic mass is 16.4. The van der Waals surface area contributed by atoms with Crippen molar-refractivity contribution in [2.24, 2.45) is 11.3 Å². The van der Waals surface area contributed by atoms with E-state index in [1.54, 1.807) is 20.8 Å². The molecule has 0 aromatic heterocycles. The number of rotatable bonds is 5. The largest absolute Gasteiger partial charge is 0.481 e. The van der Waals surface area contributed by atoms with Gasteiger partial charge in [0.2, 0.25) is 5.91 Å². The minimum absolute atomic E-state index is 0.258. The van der Waals surface area contributed by atoms with Crippen molar-refractivity contribution >= 4 is 11.9 Å². The summed E-state index contributed by atoms with van der Waals surface area (Å²) in [5.41, 5.74) is -0.579. The van der Waals surface area contributed by atoms with Gasteiger partial charge in [0.25, 0.3) is 0 Å². The van der Waals surface area contributed by atoms with Gasteiger partial charge in [-0.15, -0.1) is 0 Å². The lowest BCUT2D eigenvalue weighted by Gasteiger charge is -2.33. The molecular weight excluding hydrogens is 256 g/mol. The molecule has 5 nitrogen and oxygen atoms in total. The van der Waals surface area contributed by atoms with Crippen LogP contribution in [0.3, 0.4) is 0 Å². The third-order valence-corrected chi connectivity index (χ3v) is 3.96. The quantitative estimate of drug-likeness (QED) is 0.754. The molecule has 20 heavy (non-hydrogen) atoms. The van der Waals surface area contributed by atoms with Crippen LogP contribution in [0.5, 0.6) is 0 Å². The second kappa shape index (κ2) is 7.07. The molecule has 116 valence electrons. The number of nitrogens with zero attached hydrogens (tertiary/aromatic N) is 1. The van der Waals surface area contributed by atoms with E-state index in [9.17, 15) is 14.7 Å². The molecule has 1 heterocycles. The van der Waals surface area contributed by atoms with E-state index < -0.39 is 17.3 Å². The summed E-state index contributed by atoms with van der Waals surface area (Å²) in [7, 11) is 0. The highest BCUT2D eigenvalue weighted by Gasteiger charge is 2.37. The molecule has 0 aromatic carbocycles. The third-order valence-electron chi connectivity index (χ3n) is 3.96. The van der Waals surface area contributed by atoms with E-state index in [4.69, 9.17) is 0 Å². The molecule has 1 aliphatic rings. The summed E-state index contributed by atoms with van der Waals surface area (Å²) in [4.78, 5) is 25.7. The third kappa shape index (κ3) is 4.78. The molecule has 1 amide bonds. The zero-order chi connectivity index (χ0) is 15.3. The first-order valence-corrected chi connectivity index (χ1v) is 7.48. The minimum atomic E-state index is -1.05. The summed E-state index contributed by atoms with van der Waals surface area (Å²) in [5, 5.41) is 12.0. The van der Waals surface area contributed by atoms with Crippen LogP contribution in [0.15, 0.2) is 0 Å². The average Bonchev–Trinajstić information content (AvgIpc) is 2.34. The van der Waals surface area contributed by atoms with Gasteiger partial charge in [0.05, 0.1) is 0 Å². The lowest BCUT2D eigenvalue weighted by molar-refractivity contribution is -0.151. The number of carboxylic acid groups (broad SMARTS) is 1. The van der Waals surface area contributed by atoms with Gasteiger partial charge in [-0.05, 0) is 38.3 Å². The Morgan fingerprint density at radius 3 is 2.20 bits per heavy atom. The fourth-order valence-electron chi connectivity index (χ4n) is 2.71. The Balaban J connectivity index is 2.50. The smallest absolute Gasteiger partial charge is 0.316 e. The van der Waals surface area contributed by atoms with Gasteiger partial charge in [-0.25, -0.2) is 0 Å². The number of aliphatic carboxylic acids is 1. The molecule has 0 saturated carbocycles. The van der Waals surface area contributed by atoms with Crippen LogP contribution in [-0.4, -0.2) is 47.6 Å². The van der Waals surface area contributed by atoms with E-state index >= 15 is 0 Å². The number of hydrogen-bond donors (Lipinski definition) is 2.